The fourth-order valence-electron chi connectivity index (χ4n) is 3.61. The standard InChI is InChI=1S/C23H21N5O2S2/c1-13(22-25-17-4-2-3-5-18(17)26-22)31-12-21(30)28-23-27-19(11-32-23)15-6-8-16-14(10-15)7-9-20(29)24-16/h2-6,8,10-11,13H,7,9,12H2,1H3,(H,24,29)(H,25,26)(H,27,28,30)/t13-/m0/s1. The molecule has 1 aliphatic rings. The normalized spacial score (nSPS) is 14.1. The van der Waals surface area contributed by atoms with E-state index in [4.69, 9.17) is 0 Å². The van der Waals surface area contributed by atoms with Crippen LogP contribution >= 0.6 is 23.1 Å². The molecular formula is C23H21N5O2S2. The van der Waals surface area contributed by atoms with Crippen LogP contribution < -0.4 is 10.6 Å². The lowest BCUT2D eigenvalue weighted by atomic mass is 9.99. The van der Waals surface area contributed by atoms with Gasteiger partial charge in [0.15, 0.2) is 5.13 Å². The van der Waals surface area contributed by atoms with Crippen LogP contribution in [-0.2, 0) is 16.0 Å². The molecule has 2 aromatic carbocycles. The number of thiazole rings is 1. The summed E-state index contributed by atoms with van der Waals surface area (Å²) in [6.07, 6.45) is 1.22. The number of aryl methyl sites for hydroxylation is 1. The molecule has 0 spiro atoms. The first kappa shape index (κ1) is 20.7. The lowest BCUT2D eigenvalue weighted by molar-refractivity contribution is -0.116. The molecule has 1 aliphatic heterocycles. The molecule has 0 unspecified atom stereocenters. The Hall–Kier alpha value is -3.17. The van der Waals surface area contributed by atoms with Crippen molar-refractivity contribution in [1.29, 1.82) is 0 Å². The fourth-order valence-corrected chi connectivity index (χ4v) is 5.09. The molecule has 7 nitrogen and oxygen atoms in total. The Bertz CT molecular complexity index is 1280. The molecule has 0 aliphatic carbocycles. The number of imidazole rings is 1. The Morgan fingerprint density at radius 2 is 2.09 bits per heavy atom. The number of aromatic amines is 1. The number of amides is 2. The lowest BCUT2D eigenvalue weighted by Crippen LogP contribution is -2.18. The van der Waals surface area contributed by atoms with Crippen LogP contribution in [-0.4, -0.2) is 32.5 Å². The van der Waals surface area contributed by atoms with Crippen molar-refractivity contribution >= 4 is 56.8 Å². The number of thioether (sulfide) groups is 1. The second kappa shape index (κ2) is 8.76. The first-order valence-corrected chi connectivity index (χ1v) is 12.2. The lowest BCUT2D eigenvalue weighted by Gasteiger charge is -2.17. The van der Waals surface area contributed by atoms with E-state index >= 15 is 0 Å². The van der Waals surface area contributed by atoms with E-state index in [-0.39, 0.29) is 17.1 Å². The van der Waals surface area contributed by atoms with Crippen LogP contribution in [0.5, 0.6) is 0 Å². The number of aromatic nitrogens is 3. The van der Waals surface area contributed by atoms with E-state index in [9.17, 15) is 9.59 Å². The minimum absolute atomic E-state index is 0.0522. The van der Waals surface area contributed by atoms with Gasteiger partial charge in [0.1, 0.15) is 5.82 Å². The van der Waals surface area contributed by atoms with E-state index in [0.29, 0.717) is 17.3 Å². The molecule has 32 heavy (non-hydrogen) atoms. The van der Waals surface area contributed by atoms with Crippen molar-refractivity contribution in [2.24, 2.45) is 0 Å². The third-order valence-electron chi connectivity index (χ3n) is 5.30. The average Bonchev–Trinajstić information content (AvgIpc) is 3.44. The third-order valence-corrected chi connectivity index (χ3v) is 7.21. The zero-order chi connectivity index (χ0) is 22.1. The Morgan fingerprint density at radius 3 is 2.97 bits per heavy atom. The van der Waals surface area contributed by atoms with Gasteiger partial charge in [0, 0.05) is 23.1 Å². The number of nitrogens with zero attached hydrogens (tertiary/aromatic N) is 2. The summed E-state index contributed by atoms with van der Waals surface area (Å²) in [4.78, 5) is 36.5. The van der Waals surface area contributed by atoms with E-state index in [0.717, 1.165) is 45.8 Å². The number of hydrogen-bond donors (Lipinski definition) is 3. The van der Waals surface area contributed by atoms with Crippen LogP contribution in [0.4, 0.5) is 10.8 Å². The van der Waals surface area contributed by atoms with E-state index in [1.807, 2.05) is 48.7 Å². The monoisotopic (exact) mass is 463 g/mol. The topological polar surface area (TPSA) is 99.8 Å². The molecule has 1 atom stereocenters. The van der Waals surface area contributed by atoms with Crippen LogP contribution in [0, 0.1) is 0 Å². The summed E-state index contributed by atoms with van der Waals surface area (Å²) in [5.41, 5.74) is 5.69. The van der Waals surface area contributed by atoms with Crippen molar-refractivity contribution in [3.8, 4) is 11.3 Å². The number of carbonyl (C=O) groups is 2. The van der Waals surface area contributed by atoms with Gasteiger partial charge in [-0.25, -0.2) is 9.97 Å². The van der Waals surface area contributed by atoms with Gasteiger partial charge in [-0.3, -0.25) is 9.59 Å². The number of hydrogen-bond acceptors (Lipinski definition) is 6. The van der Waals surface area contributed by atoms with Crippen LogP contribution in [0.15, 0.2) is 47.8 Å². The minimum Gasteiger partial charge on any atom is -0.341 e. The van der Waals surface area contributed by atoms with Crippen molar-refractivity contribution < 1.29 is 9.59 Å². The minimum atomic E-state index is -0.0907. The Balaban J connectivity index is 1.19. The zero-order valence-corrected chi connectivity index (χ0v) is 19.0. The molecule has 0 saturated carbocycles. The van der Waals surface area contributed by atoms with E-state index in [2.05, 4.69) is 31.7 Å². The predicted octanol–water partition coefficient (Wildman–Crippen LogP) is 5.00. The number of anilines is 2. The second-order valence-corrected chi connectivity index (χ2v) is 9.79. The van der Waals surface area contributed by atoms with Gasteiger partial charge in [-0.15, -0.1) is 23.1 Å². The molecule has 9 heteroatoms. The maximum Gasteiger partial charge on any atom is 0.236 e. The Kier molecular flexibility index (Phi) is 5.67. The molecule has 0 radical (unpaired) electrons. The summed E-state index contributed by atoms with van der Waals surface area (Å²) in [5.74, 6) is 1.14. The number of carbonyl (C=O) groups excluding carboxylic acids is 2. The highest BCUT2D eigenvalue weighted by molar-refractivity contribution is 8.00. The molecule has 0 saturated heterocycles. The molecule has 3 N–H and O–H groups in total. The number of para-hydroxylation sites is 2. The van der Waals surface area contributed by atoms with Crippen LogP contribution in [0.1, 0.15) is 30.0 Å². The maximum atomic E-state index is 12.5. The molecule has 5 rings (SSSR count). The first-order chi connectivity index (χ1) is 15.5. The smallest absolute Gasteiger partial charge is 0.236 e. The van der Waals surface area contributed by atoms with Crippen LogP contribution in [0.2, 0.25) is 0 Å². The summed E-state index contributed by atoms with van der Waals surface area (Å²) in [6, 6.07) is 13.8. The molecule has 3 heterocycles. The van der Waals surface area contributed by atoms with Gasteiger partial charge in [0.25, 0.3) is 0 Å². The molecule has 162 valence electrons. The molecular weight excluding hydrogens is 442 g/mol. The van der Waals surface area contributed by atoms with Crippen molar-refractivity contribution in [3.63, 3.8) is 0 Å². The molecule has 0 fully saturated rings. The van der Waals surface area contributed by atoms with Crippen LogP contribution in [0.3, 0.4) is 0 Å². The number of nitrogens with one attached hydrogen (secondary N) is 3. The van der Waals surface area contributed by atoms with Crippen molar-refractivity contribution in [3.05, 3.63) is 59.2 Å². The quantitative estimate of drug-likeness (QED) is 0.373. The summed E-state index contributed by atoms with van der Waals surface area (Å²) in [5, 5.41) is 8.36. The highest BCUT2D eigenvalue weighted by atomic mass is 32.2. The van der Waals surface area contributed by atoms with Gasteiger partial charge in [0.2, 0.25) is 11.8 Å². The van der Waals surface area contributed by atoms with Gasteiger partial charge in [0.05, 0.1) is 27.7 Å². The average molecular weight is 464 g/mol. The second-order valence-electron chi connectivity index (χ2n) is 7.60. The van der Waals surface area contributed by atoms with E-state index < -0.39 is 0 Å². The summed E-state index contributed by atoms with van der Waals surface area (Å²) < 4.78 is 0. The molecule has 0 bridgehead atoms. The molecule has 4 aromatic rings. The van der Waals surface area contributed by atoms with E-state index in [1.165, 1.54) is 23.1 Å². The summed E-state index contributed by atoms with van der Waals surface area (Å²) in [7, 11) is 0. The SMILES string of the molecule is C[C@H](SCC(=O)Nc1nc(-c2ccc3c(c2)CCC(=O)N3)cs1)c1nc2ccccc2[nH]1. The predicted molar refractivity (Wildman–Crippen MR) is 130 cm³/mol. The van der Waals surface area contributed by atoms with Crippen molar-refractivity contribution in [2.75, 3.05) is 16.4 Å². The summed E-state index contributed by atoms with van der Waals surface area (Å²) >= 11 is 2.93. The van der Waals surface area contributed by atoms with Crippen molar-refractivity contribution in [1.82, 2.24) is 15.0 Å². The molecule has 2 aromatic heterocycles. The maximum absolute atomic E-state index is 12.5. The van der Waals surface area contributed by atoms with Gasteiger partial charge in [-0.05, 0) is 43.2 Å². The number of H-pyrrole nitrogens is 1. The van der Waals surface area contributed by atoms with Crippen LogP contribution in [0.25, 0.3) is 22.3 Å². The van der Waals surface area contributed by atoms with Crippen molar-refractivity contribution in [2.45, 2.75) is 25.0 Å². The largest absolute Gasteiger partial charge is 0.341 e. The highest BCUT2D eigenvalue weighted by Gasteiger charge is 2.17. The van der Waals surface area contributed by atoms with Gasteiger partial charge >= 0.3 is 0 Å². The Morgan fingerprint density at radius 1 is 1.22 bits per heavy atom. The molecule has 2 amide bonds. The Labute approximate surface area is 193 Å². The number of fused-ring (bicyclic) bond motifs is 2. The number of benzene rings is 2. The van der Waals surface area contributed by atoms with E-state index in [1.54, 1.807) is 0 Å². The first-order valence-electron chi connectivity index (χ1n) is 10.3. The van der Waals surface area contributed by atoms with Gasteiger partial charge < -0.3 is 15.6 Å². The van der Waals surface area contributed by atoms with Gasteiger partial charge in [-0.1, -0.05) is 18.2 Å². The number of rotatable bonds is 6. The fraction of sp³-hybridized carbons (Fsp3) is 0.217. The zero-order valence-electron chi connectivity index (χ0n) is 17.3. The third kappa shape index (κ3) is 4.39. The van der Waals surface area contributed by atoms with Gasteiger partial charge in [-0.2, -0.15) is 0 Å². The highest BCUT2D eigenvalue weighted by Crippen LogP contribution is 2.31. The summed E-state index contributed by atoms with van der Waals surface area (Å²) in [6.45, 7) is 2.04.